The number of carbonyl (C=O) groups is 1. The van der Waals surface area contributed by atoms with Gasteiger partial charge in [-0.15, -0.1) is 0 Å². The van der Waals surface area contributed by atoms with Crippen LogP contribution in [0.4, 0.5) is 0 Å². The van der Waals surface area contributed by atoms with Crippen molar-refractivity contribution in [3.63, 3.8) is 0 Å². The van der Waals surface area contributed by atoms with Gasteiger partial charge in [0.2, 0.25) is 5.91 Å². The van der Waals surface area contributed by atoms with Gasteiger partial charge in [0.1, 0.15) is 0 Å². The van der Waals surface area contributed by atoms with Gasteiger partial charge in [0.05, 0.1) is 7.89 Å². The van der Waals surface area contributed by atoms with Crippen molar-refractivity contribution in [2.75, 3.05) is 13.6 Å². The zero-order valence-electron chi connectivity index (χ0n) is 11.6. The van der Waals surface area contributed by atoms with Crippen LogP contribution in [-0.2, 0) is 4.79 Å². The van der Waals surface area contributed by atoms with Crippen LogP contribution in [0.1, 0.15) is 41.9 Å². The van der Waals surface area contributed by atoms with Crippen LogP contribution in [0.25, 0.3) is 0 Å². The van der Waals surface area contributed by atoms with E-state index >= 15 is 0 Å². The van der Waals surface area contributed by atoms with Gasteiger partial charge in [0.25, 0.3) is 0 Å². The molecule has 0 spiro atoms. The summed E-state index contributed by atoms with van der Waals surface area (Å²) in [6.45, 7) is 7.65. The third kappa shape index (κ3) is 5.17. The Morgan fingerprint density at radius 3 is 2.20 bits per heavy atom. The van der Waals surface area contributed by atoms with E-state index in [0.717, 1.165) is 12.8 Å². The molecule has 0 unspecified atom stereocenters. The molecule has 0 bridgehead atoms. The molecule has 0 aromatic rings. The van der Waals surface area contributed by atoms with Crippen LogP contribution in [-0.4, -0.2) is 25.5 Å². The normalized spacial score (nSPS) is 16.3. The van der Waals surface area contributed by atoms with Crippen molar-refractivity contribution in [1.82, 2.24) is 10.6 Å². The Morgan fingerprint density at radius 1 is 1.33 bits per heavy atom. The molecule has 0 radical (unpaired) electrons. The smallest absolute Gasteiger partial charge is 0.234 e. The Morgan fingerprint density at radius 2 is 1.87 bits per heavy atom. The summed E-state index contributed by atoms with van der Waals surface area (Å²) >= 11 is 0. The predicted molar refractivity (Wildman–Crippen MR) is 64.8 cm³/mol. The summed E-state index contributed by atoms with van der Waals surface area (Å²) in [7, 11) is 1.62. The van der Waals surface area contributed by atoms with E-state index in [1.54, 1.807) is 7.05 Å². The number of amides is 1. The van der Waals surface area contributed by atoms with Crippen molar-refractivity contribution in [1.29, 1.82) is 0 Å². The SMILES string of the molecule is [3H][C@H](NC)C(=O)N[C@H](C(C)C)C(CC)CC. The van der Waals surface area contributed by atoms with Gasteiger partial charge in [-0.05, 0) is 18.9 Å². The highest BCUT2D eigenvalue weighted by atomic mass is 16.1. The Bertz CT molecular complexity index is 205. The molecule has 0 aromatic carbocycles. The number of rotatable bonds is 7. The molecule has 0 aliphatic heterocycles. The van der Waals surface area contributed by atoms with Gasteiger partial charge in [-0.25, -0.2) is 0 Å². The number of hydrogen-bond donors (Lipinski definition) is 2. The van der Waals surface area contributed by atoms with Gasteiger partial charge >= 0.3 is 0 Å². The topological polar surface area (TPSA) is 41.1 Å². The van der Waals surface area contributed by atoms with Crippen LogP contribution >= 0.6 is 0 Å². The molecular weight excluding hydrogens is 188 g/mol. The van der Waals surface area contributed by atoms with E-state index in [1.165, 1.54) is 0 Å². The predicted octanol–water partition coefficient (Wildman–Crippen LogP) is 1.78. The van der Waals surface area contributed by atoms with Gasteiger partial charge in [0.15, 0.2) is 0 Å². The minimum Gasteiger partial charge on any atom is -0.352 e. The lowest BCUT2D eigenvalue weighted by atomic mass is 9.86. The first-order valence-electron chi connectivity index (χ1n) is 6.45. The highest BCUT2D eigenvalue weighted by Gasteiger charge is 2.23. The zero-order chi connectivity index (χ0) is 12.7. The highest BCUT2D eigenvalue weighted by molar-refractivity contribution is 5.78. The van der Waals surface area contributed by atoms with Crippen LogP contribution in [0.5, 0.6) is 0 Å². The van der Waals surface area contributed by atoms with E-state index in [4.69, 9.17) is 1.37 Å². The zero-order valence-corrected chi connectivity index (χ0v) is 10.6. The van der Waals surface area contributed by atoms with Crippen molar-refractivity contribution in [2.24, 2.45) is 11.8 Å². The molecule has 2 atom stereocenters. The van der Waals surface area contributed by atoms with Crippen molar-refractivity contribution < 1.29 is 6.17 Å². The van der Waals surface area contributed by atoms with Gasteiger partial charge in [-0.1, -0.05) is 40.5 Å². The van der Waals surface area contributed by atoms with E-state index in [1.807, 2.05) is 0 Å². The summed E-state index contributed by atoms with van der Waals surface area (Å²) in [6.07, 6.45) is 2.11. The highest BCUT2D eigenvalue weighted by Crippen LogP contribution is 2.19. The minimum absolute atomic E-state index is 0.170. The molecule has 0 saturated carbocycles. The second-order valence-corrected chi connectivity index (χ2v) is 4.29. The van der Waals surface area contributed by atoms with Crippen LogP contribution in [0.15, 0.2) is 0 Å². The van der Waals surface area contributed by atoms with Crippen molar-refractivity contribution in [2.45, 2.75) is 46.6 Å². The first-order valence-corrected chi connectivity index (χ1v) is 5.87. The summed E-state index contributed by atoms with van der Waals surface area (Å²) in [4.78, 5) is 11.7. The second kappa shape index (κ2) is 7.69. The number of nitrogens with one attached hydrogen (secondary N) is 2. The van der Waals surface area contributed by atoms with Gasteiger partial charge in [-0.2, -0.15) is 0 Å². The maximum absolute atomic E-state index is 11.7. The molecule has 1 amide bonds. The molecule has 0 fully saturated rings. The van der Waals surface area contributed by atoms with Gasteiger partial charge in [-0.3, -0.25) is 4.79 Å². The fourth-order valence-electron chi connectivity index (χ4n) is 1.96. The fraction of sp³-hybridized carbons (Fsp3) is 0.917. The minimum atomic E-state index is -0.865. The summed E-state index contributed by atoms with van der Waals surface area (Å²) in [5.74, 6) is 0.666. The second-order valence-electron chi connectivity index (χ2n) is 4.29. The van der Waals surface area contributed by atoms with Gasteiger partial charge < -0.3 is 10.6 Å². The van der Waals surface area contributed by atoms with E-state index < -0.39 is 6.52 Å². The molecule has 0 heterocycles. The average Bonchev–Trinajstić information content (AvgIpc) is 2.27. The van der Waals surface area contributed by atoms with Crippen LogP contribution < -0.4 is 10.6 Å². The maximum Gasteiger partial charge on any atom is 0.234 e. The van der Waals surface area contributed by atoms with E-state index in [0.29, 0.717) is 11.8 Å². The quantitative estimate of drug-likeness (QED) is 0.681. The molecule has 0 aromatic heterocycles. The third-order valence-corrected chi connectivity index (χ3v) is 2.86. The third-order valence-electron chi connectivity index (χ3n) is 2.86. The van der Waals surface area contributed by atoms with Crippen molar-refractivity contribution in [3.8, 4) is 0 Å². The van der Waals surface area contributed by atoms with E-state index in [-0.39, 0.29) is 11.9 Å². The Kier molecular flexibility index (Phi) is 6.41. The summed E-state index contributed by atoms with van der Waals surface area (Å²) < 4.78 is 7.49. The van der Waals surface area contributed by atoms with Gasteiger partial charge in [0, 0.05) is 6.04 Å². The lowest BCUT2D eigenvalue weighted by molar-refractivity contribution is -0.121. The first-order chi connectivity index (χ1) is 7.47. The molecule has 15 heavy (non-hydrogen) atoms. The van der Waals surface area contributed by atoms with Crippen LogP contribution in [0, 0.1) is 11.8 Å². The summed E-state index contributed by atoms with van der Waals surface area (Å²) in [6, 6.07) is 0.170. The van der Waals surface area contributed by atoms with Crippen molar-refractivity contribution >= 4 is 5.91 Å². The lowest BCUT2D eigenvalue weighted by Gasteiger charge is -2.29. The van der Waals surface area contributed by atoms with Crippen molar-refractivity contribution in [3.05, 3.63) is 0 Å². The molecule has 0 aliphatic rings. The van der Waals surface area contributed by atoms with Crippen LogP contribution in [0.2, 0.25) is 0 Å². The Balaban J connectivity index is 4.50. The van der Waals surface area contributed by atoms with E-state index in [9.17, 15) is 4.79 Å². The molecule has 0 rings (SSSR count). The molecule has 3 nitrogen and oxygen atoms in total. The largest absolute Gasteiger partial charge is 0.352 e. The maximum atomic E-state index is 11.7. The van der Waals surface area contributed by atoms with Crippen LogP contribution in [0.3, 0.4) is 0 Å². The number of carbonyl (C=O) groups excluding carboxylic acids is 1. The number of hydrogen-bond acceptors (Lipinski definition) is 2. The average molecular weight is 216 g/mol. The fourth-order valence-corrected chi connectivity index (χ4v) is 1.96. The standard InChI is InChI=1S/C12H26N2O/c1-6-10(7-2)12(9(3)4)14-11(15)8-13-5/h9-10,12-13H,6-8H2,1-5H3,(H,14,15)/t12-/m1/s1/i8T/t8-,12+/m0. The Hall–Kier alpha value is -0.570. The molecule has 3 heteroatoms. The molecule has 0 saturated heterocycles. The number of likely N-dealkylation sites (N-methyl/N-ethyl adjacent to an activating group) is 1. The Labute approximate surface area is 95.4 Å². The lowest BCUT2D eigenvalue weighted by Crippen LogP contribution is -2.46. The first kappa shape index (κ1) is 12.5. The summed E-state index contributed by atoms with van der Waals surface area (Å²) in [5.41, 5.74) is 0. The molecular formula is C12H26N2O. The van der Waals surface area contributed by atoms with E-state index in [2.05, 4.69) is 38.3 Å². The molecule has 0 aliphatic carbocycles. The summed E-state index contributed by atoms with van der Waals surface area (Å²) in [5, 5.41) is 5.62. The molecule has 90 valence electrons. The monoisotopic (exact) mass is 216 g/mol. The molecule has 2 N–H and O–H groups in total.